The van der Waals surface area contributed by atoms with Gasteiger partial charge in [-0.05, 0) is 43.9 Å². The number of carbonyl (C=O) groups is 3. The molecule has 0 unspecified atom stereocenters. The molecule has 2 fully saturated rings. The minimum Gasteiger partial charge on any atom is -0.507 e. The summed E-state index contributed by atoms with van der Waals surface area (Å²) in [6.07, 6.45) is -5.90. The van der Waals surface area contributed by atoms with E-state index in [1.165, 1.54) is 12.1 Å². The van der Waals surface area contributed by atoms with Crippen LogP contribution in [0.4, 0.5) is 0 Å². The summed E-state index contributed by atoms with van der Waals surface area (Å²) < 4.78 is 17.7. The van der Waals surface area contributed by atoms with E-state index < -0.39 is 66.3 Å². The second-order valence-electron chi connectivity index (χ2n) is 11.8. The molecule has 218 valence electrons. The van der Waals surface area contributed by atoms with Crippen molar-refractivity contribution in [1.29, 1.82) is 0 Å². The molecule has 0 bridgehead atoms. The van der Waals surface area contributed by atoms with Gasteiger partial charge in [0.2, 0.25) is 0 Å². The Morgan fingerprint density at radius 1 is 0.780 bits per heavy atom. The van der Waals surface area contributed by atoms with Crippen LogP contribution in [0.15, 0.2) is 24.3 Å². The number of hydrogen-bond acceptors (Lipinski definition) is 10. The van der Waals surface area contributed by atoms with Gasteiger partial charge in [0.1, 0.15) is 18.0 Å². The van der Waals surface area contributed by atoms with Gasteiger partial charge in [-0.1, -0.05) is 19.1 Å². The lowest BCUT2D eigenvalue weighted by molar-refractivity contribution is -0.293. The van der Waals surface area contributed by atoms with Crippen LogP contribution in [-0.4, -0.2) is 80.7 Å². The molecule has 0 radical (unpaired) electrons. The fourth-order valence-corrected chi connectivity index (χ4v) is 6.73. The molecule has 0 saturated carbocycles. The Labute approximate surface area is 236 Å². The highest BCUT2D eigenvalue weighted by atomic mass is 16.7. The van der Waals surface area contributed by atoms with E-state index in [1.54, 1.807) is 26.0 Å². The number of phenolic OH excluding ortho intramolecular Hbond substituents is 1. The minimum atomic E-state index is -1.04. The van der Waals surface area contributed by atoms with Crippen molar-refractivity contribution in [3.63, 3.8) is 0 Å². The number of Topliss-reactive ketones (excluding diaryl/α,β-unsaturated/α-hetero) is 1. The summed E-state index contributed by atoms with van der Waals surface area (Å²) in [7, 11) is 0. The van der Waals surface area contributed by atoms with Gasteiger partial charge in [-0.15, -0.1) is 0 Å². The molecule has 4 N–H and O–H groups in total. The number of aliphatic hydroxyl groups excluding tert-OH is 3. The van der Waals surface area contributed by atoms with E-state index >= 15 is 0 Å². The Morgan fingerprint density at radius 3 is 2.17 bits per heavy atom. The first kappa shape index (κ1) is 28.1. The molecule has 2 aliphatic carbocycles. The summed E-state index contributed by atoms with van der Waals surface area (Å²) in [5.74, 6) is -1.42. The van der Waals surface area contributed by atoms with Gasteiger partial charge in [0, 0.05) is 47.1 Å². The number of rotatable bonds is 3. The molecule has 0 spiro atoms. The second-order valence-corrected chi connectivity index (χ2v) is 11.8. The molecule has 9 atom stereocenters. The average molecular weight is 567 g/mol. The standard InChI is InChI=1S/C31H34O10/c1-12-8-15-4-5-17-25(24(15)19(32)9-12)29(37)18-7-6-16(28(36)26(18)30(17)38)22-10-21(34)31(14(3)39-22)41-23-11-20(33)27(35)13(2)40-23/h4-7,12-14,20-23,27,31,33-36H,8-11H2,1-3H3/t12-,13+,14+,20+,21+,22+,23+,27-,31-/m0/s1. The number of benzene rings is 2. The van der Waals surface area contributed by atoms with Crippen LogP contribution in [0.1, 0.15) is 99.5 Å². The van der Waals surface area contributed by atoms with Crippen LogP contribution in [0, 0.1) is 5.92 Å². The van der Waals surface area contributed by atoms with Gasteiger partial charge in [-0.2, -0.15) is 0 Å². The monoisotopic (exact) mass is 566 g/mol. The quantitative estimate of drug-likeness (QED) is 0.371. The summed E-state index contributed by atoms with van der Waals surface area (Å²) >= 11 is 0. The van der Waals surface area contributed by atoms with E-state index in [1.807, 2.05) is 6.92 Å². The number of carbonyl (C=O) groups excluding carboxylic acids is 3. The lowest BCUT2D eigenvalue weighted by Gasteiger charge is -2.42. The summed E-state index contributed by atoms with van der Waals surface area (Å²) in [4.78, 5) is 40.2. The fourth-order valence-electron chi connectivity index (χ4n) is 6.73. The maximum absolute atomic E-state index is 13.7. The van der Waals surface area contributed by atoms with E-state index in [0.717, 1.165) is 5.56 Å². The van der Waals surface area contributed by atoms with E-state index in [0.29, 0.717) is 18.4 Å². The zero-order valence-electron chi connectivity index (χ0n) is 23.1. The van der Waals surface area contributed by atoms with Crippen LogP contribution >= 0.6 is 0 Å². The fraction of sp³-hybridized carbons (Fsp3) is 0.516. The van der Waals surface area contributed by atoms with Crippen LogP contribution in [0.3, 0.4) is 0 Å². The maximum atomic E-state index is 13.7. The van der Waals surface area contributed by atoms with Crippen molar-refractivity contribution < 1.29 is 49.0 Å². The maximum Gasteiger partial charge on any atom is 0.198 e. The normalized spacial score (nSPS) is 35.1. The molecule has 2 aromatic carbocycles. The van der Waals surface area contributed by atoms with Gasteiger partial charge >= 0.3 is 0 Å². The third kappa shape index (κ3) is 4.63. The minimum absolute atomic E-state index is 0.0216. The van der Waals surface area contributed by atoms with Crippen LogP contribution in [0.5, 0.6) is 5.75 Å². The van der Waals surface area contributed by atoms with Crippen molar-refractivity contribution in [2.75, 3.05) is 0 Å². The predicted molar refractivity (Wildman–Crippen MR) is 143 cm³/mol. The van der Waals surface area contributed by atoms with Crippen molar-refractivity contribution >= 4 is 17.3 Å². The van der Waals surface area contributed by atoms with Crippen molar-refractivity contribution in [3.8, 4) is 5.75 Å². The van der Waals surface area contributed by atoms with Crippen LogP contribution < -0.4 is 0 Å². The Hall–Kier alpha value is -2.99. The zero-order chi connectivity index (χ0) is 29.3. The Bertz CT molecular complexity index is 1410. The molecule has 0 amide bonds. The van der Waals surface area contributed by atoms with E-state index in [2.05, 4.69) is 0 Å². The van der Waals surface area contributed by atoms with Gasteiger partial charge in [-0.3, -0.25) is 14.4 Å². The molecular weight excluding hydrogens is 532 g/mol. The molecule has 2 aliphatic heterocycles. The highest BCUT2D eigenvalue weighted by molar-refractivity contribution is 6.32. The first-order valence-electron chi connectivity index (χ1n) is 14.1. The number of phenols is 1. The Kier molecular flexibility index (Phi) is 7.12. The molecule has 2 heterocycles. The van der Waals surface area contributed by atoms with Crippen molar-refractivity contribution in [3.05, 3.63) is 63.2 Å². The number of aromatic hydroxyl groups is 1. The van der Waals surface area contributed by atoms with Gasteiger partial charge < -0.3 is 34.6 Å². The van der Waals surface area contributed by atoms with Crippen LogP contribution in [0.2, 0.25) is 0 Å². The van der Waals surface area contributed by atoms with Gasteiger partial charge in [0.15, 0.2) is 23.6 Å². The van der Waals surface area contributed by atoms with Gasteiger partial charge in [-0.25, -0.2) is 0 Å². The number of hydrogen-bond donors (Lipinski definition) is 4. The van der Waals surface area contributed by atoms with Gasteiger partial charge in [0.05, 0.1) is 36.1 Å². The average Bonchev–Trinajstić information content (AvgIpc) is 2.91. The molecular formula is C31H34O10. The number of fused-ring (bicyclic) bond motifs is 4. The molecule has 0 aromatic heterocycles. The first-order valence-corrected chi connectivity index (χ1v) is 14.1. The molecule has 4 aliphatic rings. The lowest BCUT2D eigenvalue weighted by atomic mass is 9.74. The first-order chi connectivity index (χ1) is 19.5. The van der Waals surface area contributed by atoms with E-state index in [-0.39, 0.29) is 52.4 Å². The highest BCUT2D eigenvalue weighted by Crippen LogP contribution is 2.44. The topological polar surface area (TPSA) is 160 Å². The van der Waals surface area contributed by atoms with Crippen molar-refractivity contribution in [2.24, 2.45) is 5.92 Å². The summed E-state index contributed by atoms with van der Waals surface area (Å²) in [6, 6.07) is 6.26. The highest BCUT2D eigenvalue weighted by Gasteiger charge is 2.44. The molecule has 41 heavy (non-hydrogen) atoms. The Balaban J connectivity index is 1.26. The number of ether oxygens (including phenoxy) is 3. The summed E-state index contributed by atoms with van der Waals surface area (Å²) in [5.41, 5.74) is 1.41. The van der Waals surface area contributed by atoms with Crippen molar-refractivity contribution in [1.82, 2.24) is 0 Å². The molecule has 2 aromatic rings. The summed E-state index contributed by atoms with van der Waals surface area (Å²) in [6.45, 7) is 5.29. The lowest BCUT2D eigenvalue weighted by Crippen LogP contribution is -2.52. The van der Waals surface area contributed by atoms with E-state index in [4.69, 9.17) is 14.2 Å². The largest absolute Gasteiger partial charge is 0.507 e. The second kappa shape index (κ2) is 10.4. The smallest absolute Gasteiger partial charge is 0.198 e. The van der Waals surface area contributed by atoms with E-state index in [9.17, 15) is 34.8 Å². The SMILES string of the molecule is C[C@@H]1CC(=O)c2c(ccc3c2C(=O)c2ccc([C@H]4C[C@@H](O)[C@@H](O[C@@H]5C[C@@H](O)[C@@H](O)[C@@H](C)O5)[C@@H](C)O4)c(O)c2C3=O)C1. The molecule has 10 heteroatoms. The van der Waals surface area contributed by atoms with Crippen molar-refractivity contribution in [2.45, 2.75) is 95.5 Å². The van der Waals surface area contributed by atoms with Gasteiger partial charge in [0.25, 0.3) is 0 Å². The molecule has 2 saturated heterocycles. The number of ketones is 3. The third-order valence-corrected chi connectivity index (χ3v) is 8.83. The predicted octanol–water partition coefficient (Wildman–Crippen LogP) is 2.39. The molecule has 10 nitrogen and oxygen atoms in total. The van der Waals surface area contributed by atoms with Crippen LogP contribution in [0.25, 0.3) is 0 Å². The Morgan fingerprint density at radius 2 is 1.46 bits per heavy atom. The van der Waals surface area contributed by atoms with Crippen LogP contribution in [-0.2, 0) is 20.6 Å². The third-order valence-electron chi connectivity index (χ3n) is 8.83. The molecule has 6 rings (SSSR count). The summed E-state index contributed by atoms with van der Waals surface area (Å²) in [5, 5.41) is 42.3. The zero-order valence-corrected chi connectivity index (χ0v) is 23.1. The number of aliphatic hydroxyl groups is 3.